The Kier molecular flexibility index (Phi) is 2.63. The van der Waals surface area contributed by atoms with Gasteiger partial charge in [-0.1, -0.05) is 6.92 Å². The first kappa shape index (κ1) is 8.48. The van der Waals surface area contributed by atoms with Crippen LogP contribution in [0.2, 0.25) is 0 Å². The van der Waals surface area contributed by atoms with E-state index >= 15 is 0 Å². The van der Waals surface area contributed by atoms with E-state index in [1.165, 1.54) is 6.42 Å². The van der Waals surface area contributed by atoms with Gasteiger partial charge in [-0.05, 0) is 12.3 Å². The second-order valence-corrected chi connectivity index (χ2v) is 3.92. The summed E-state index contributed by atoms with van der Waals surface area (Å²) in [6, 6.07) is 0.774. The third-order valence-electron chi connectivity index (χ3n) is 2.72. The van der Waals surface area contributed by atoms with E-state index in [1.54, 1.807) is 0 Å². The van der Waals surface area contributed by atoms with Crippen LogP contribution in [0.4, 0.5) is 0 Å². The molecule has 2 fully saturated rings. The fourth-order valence-electron chi connectivity index (χ4n) is 1.64. The van der Waals surface area contributed by atoms with Crippen LogP contribution in [0, 0.1) is 5.92 Å². The molecular weight excluding hydrogens is 152 g/mol. The van der Waals surface area contributed by atoms with Gasteiger partial charge in [0, 0.05) is 25.7 Å². The zero-order valence-corrected chi connectivity index (χ0v) is 7.68. The molecule has 3 nitrogen and oxygen atoms in total. The Morgan fingerprint density at radius 2 is 2.42 bits per heavy atom. The topological polar surface area (TPSA) is 33.3 Å². The van der Waals surface area contributed by atoms with E-state index in [4.69, 9.17) is 4.74 Å². The van der Waals surface area contributed by atoms with Gasteiger partial charge in [-0.25, -0.2) is 0 Å². The smallest absolute Gasteiger partial charge is 0.0824 e. The minimum atomic E-state index is 0.395. The molecule has 1 saturated heterocycles. The lowest BCUT2D eigenvalue weighted by Crippen LogP contribution is -2.44. The highest BCUT2D eigenvalue weighted by molar-refractivity contribution is 4.90. The van der Waals surface area contributed by atoms with Crippen LogP contribution in [-0.4, -0.2) is 38.4 Å². The van der Waals surface area contributed by atoms with Gasteiger partial charge in [-0.15, -0.1) is 0 Å². The first-order valence-electron chi connectivity index (χ1n) is 4.92. The third kappa shape index (κ3) is 2.19. The van der Waals surface area contributed by atoms with Crippen molar-refractivity contribution in [1.82, 2.24) is 10.6 Å². The summed E-state index contributed by atoms with van der Waals surface area (Å²) >= 11 is 0. The minimum absolute atomic E-state index is 0.395. The van der Waals surface area contributed by atoms with E-state index < -0.39 is 0 Å². The highest BCUT2D eigenvalue weighted by Crippen LogP contribution is 2.28. The van der Waals surface area contributed by atoms with Crippen LogP contribution in [0.25, 0.3) is 0 Å². The lowest BCUT2D eigenvalue weighted by atomic mass is 10.3. The summed E-state index contributed by atoms with van der Waals surface area (Å²) in [4.78, 5) is 0. The Balaban J connectivity index is 1.59. The van der Waals surface area contributed by atoms with Crippen molar-refractivity contribution in [3.63, 3.8) is 0 Å². The Labute approximate surface area is 73.9 Å². The lowest BCUT2D eigenvalue weighted by Gasteiger charge is -2.23. The molecule has 12 heavy (non-hydrogen) atoms. The monoisotopic (exact) mass is 170 g/mol. The minimum Gasteiger partial charge on any atom is -0.374 e. The average molecular weight is 170 g/mol. The molecule has 3 unspecified atom stereocenters. The van der Waals surface area contributed by atoms with Crippen LogP contribution < -0.4 is 10.6 Å². The van der Waals surface area contributed by atoms with Crippen LogP contribution in [-0.2, 0) is 4.74 Å². The number of ether oxygens (including phenoxy) is 1. The molecule has 2 N–H and O–H groups in total. The SMILES string of the molecule is CC1CC1NCC1CNCCO1. The van der Waals surface area contributed by atoms with Crippen LogP contribution in [0.3, 0.4) is 0 Å². The summed E-state index contributed by atoms with van der Waals surface area (Å²) < 4.78 is 5.57. The average Bonchev–Trinajstić information content (AvgIpc) is 2.81. The molecule has 0 bridgehead atoms. The second-order valence-electron chi connectivity index (χ2n) is 3.92. The largest absolute Gasteiger partial charge is 0.374 e. The first-order valence-corrected chi connectivity index (χ1v) is 4.92. The highest BCUT2D eigenvalue weighted by Gasteiger charge is 2.32. The Morgan fingerprint density at radius 3 is 3.00 bits per heavy atom. The molecule has 3 heteroatoms. The summed E-state index contributed by atoms with van der Waals surface area (Å²) in [5, 5.41) is 6.84. The maximum Gasteiger partial charge on any atom is 0.0824 e. The summed E-state index contributed by atoms with van der Waals surface area (Å²) in [5.41, 5.74) is 0. The van der Waals surface area contributed by atoms with Crippen LogP contribution >= 0.6 is 0 Å². The Bertz CT molecular complexity index is 145. The van der Waals surface area contributed by atoms with Gasteiger partial charge in [0.25, 0.3) is 0 Å². The van der Waals surface area contributed by atoms with E-state index in [0.29, 0.717) is 6.10 Å². The van der Waals surface area contributed by atoms with Crippen molar-refractivity contribution in [3.05, 3.63) is 0 Å². The maximum absolute atomic E-state index is 5.57. The normalized spacial score (nSPS) is 41.2. The molecule has 1 aliphatic heterocycles. The Morgan fingerprint density at radius 1 is 1.58 bits per heavy atom. The van der Waals surface area contributed by atoms with E-state index in [1.807, 2.05) is 0 Å². The standard InChI is InChI=1S/C9H18N2O/c1-7-4-9(7)11-6-8-5-10-2-3-12-8/h7-11H,2-6H2,1H3. The number of rotatable bonds is 3. The predicted molar refractivity (Wildman–Crippen MR) is 48.2 cm³/mol. The van der Waals surface area contributed by atoms with E-state index in [2.05, 4.69) is 17.6 Å². The molecule has 0 aromatic carbocycles. The molecule has 2 rings (SSSR count). The van der Waals surface area contributed by atoms with Crippen molar-refractivity contribution in [2.45, 2.75) is 25.5 Å². The van der Waals surface area contributed by atoms with Gasteiger partial charge < -0.3 is 15.4 Å². The molecule has 1 heterocycles. The number of hydrogen-bond acceptors (Lipinski definition) is 3. The lowest BCUT2D eigenvalue weighted by molar-refractivity contribution is 0.0289. The van der Waals surface area contributed by atoms with Gasteiger partial charge in [0.05, 0.1) is 12.7 Å². The summed E-state index contributed by atoms with van der Waals surface area (Å²) in [6.07, 6.45) is 1.74. The molecular formula is C9H18N2O. The number of morpholine rings is 1. The molecule has 70 valence electrons. The third-order valence-corrected chi connectivity index (χ3v) is 2.72. The van der Waals surface area contributed by atoms with Crippen molar-refractivity contribution >= 4 is 0 Å². The second kappa shape index (κ2) is 3.73. The summed E-state index contributed by atoms with van der Waals surface area (Å²) in [5.74, 6) is 0.890. The van der Waals surface area contributed by atoms with Crippen molar-refractivity contribution in [3.8, 4) is 0 Å². The van der Waals surface area contributed by atoms with Crippen molar-refractivity contribution < 1.29 is 4.74 Å². The van der Waals surface area contributed by atoms with Gasteiger partial charge >= 0.3 is 0 Å². The molecule has 1 aliphatic carbocycles. The van der Waals surface area contributed by atoms with Crippen molar-refractivity contribution in [1.29, 1.82) is 0 Å². The van der Waals surface area contributed by atoms with Gasteiger partial charge in [-0.2, -0.15) is 0 Å². The Hall–Kier alpha value is -0.120. The molecule has 0 radical (unpaired) electrons. The summed E-state index contributed by atoms with van der Waals surface area (Å²) in [6.45, 7) is 6.19. The molecule has 0 aromatic heterocycles. The van der Waals surface area contributed by atoms with E-state index in [-0.39, 0.29) is 0 Å². The molecule has 0 aromatic rings. The zero-order valence-electron chi connectivity index (χ0n) is 7.68. The fourth-order valence-corrected chi connectivity index (χ4v) is 1.64. The number of nitrogens with one attached hydrogen (secondary N) is 2. The van der Waals surface area contributed by atoms with Crippen LogP contribution in [0.15, 0.2) is 0 Å². The van der Waals surface area contributed by atoms with Crippen molar-refractivity contribution in [2.75, 3.05) is 26.2 Å². The van der Waals surface area contributed by atoms with E-state index in [0.717, 1.165) is 38.2 Å². The predicted octanol–water partition coefficient (Wildman–Crippen LogP) is -0.0272. The molecule has 1 saturated carbocycles. The van der Waals surface area contributed by atoms with Gasteiger partial charge in [0.1, 0.15) is 0 Å². The summed E-state index contributed by atoms with van der Waals surface area (Å²) in [7, 11) is 0. The molecule has 0 amide bonds. The molecule has 3 atom stereocenters. The fraction of sp³-hybridized carbons (Fsp3) is 1.00. The molecule has 0 spiro atoms. The first-order chi connectivity index (χ1) is 5.86. The number of hydrogen-bond donors (Lipinski definition) is 2. The van der Waals surface area contributed by atoms with E-state index in [9.17, 15) is 0 Å². The van der Waals surface area contributed by atoms with Gasteiger partial charge in [-0.3, -0.25) is 0 Å². The maximum atomic E-state index is 5.57. The molecule has 2 aliphatic rings. The quantitative estimate of drug-likeness (QED) is 0.624. The highest BCUT2D eigenvalue weighted by atomic mass is 16.5. The van der Waals surface area contributed by atoms with Crippen LogP contribution in [0.5, 0.6) is 0 Å². The van der Waals surface area contributed by atoms with Crippen molar-refractivity contribution in [2.24, 2.45) is 5.92 Å². The zero-order chi connectivity index (χ0) is 8.39. The van der Waals surface area contributed by atoms with Gasteiger partial charge in [0.15, 0.2) is 0 Å². The van der Waals surface area contributed by atoms with Crippen LogP contribution in [0.1, 0.15) is 13.3 Å². The van der Waals surface area contributed by atoms with Gasteiger partial charge in [0.2, 0.25) is 0 Å².